The molecule has 4 aromatic rings. The van der Waals surface area contributed by atoms with E-state index in [-0.39, 0.29) is 0 Å². The van der Waals surface area contributed by atoms with Gasteiger partial charge in [-0.3, -0.25) is 4.57 Å². The molecule has 2 aromatic carbocycles. The lowest BCUT2D eigenvalue weighted by Gasteiger charge is -2.02. The van der Waals surface area contributed by atoms with E-state index < -0.39 is 0 Å². The van der Waals surface area contributed by atoms with E-state index in [9.17, 15) is 0 Å². The van der Waals surface area contributed by atoms with Crippen molar-refractivity contribution in [2.45, 2.75) is 0 Å². The van der Waals surface area contributed by atoms with E-state index in [2.05, 4.69) is 15.2 Å². The molecule has 0 aliphatic rings. The minimum atomic E-state index is 0.568. The number of hydrogen-bond donors (Lipinski definition) is 0. The smallest absolute Gasteiger partial charge is 0.227 e. The maximum absolute atomic E-state index is 5.82. The van der Waals surface area contributed by atoms with Crippen LogP contribution in [0.25, 0.3) is 28.2 Å². The molecule has 22 heavy (non-hydrogen) atoms. The van der Waals surface area contributed by atoms with E-state index in [1.54, 1.807) is 19.8 Å². The summed E-state index contributed by atoms with van der Waals surface area (Å²) in [6.45, 7) is 0. The van der Waals surface area contributed by atoms with Crippen molar-refractivity contribution in [1.82, 2.24) is 19.7 Å². The van der Waals surface area contributed by atoms with Crippen LogP contribution in [0.15, 0.2) is 59.5 Å². The zero-order valence-electron chi connectivity index (χ0n) is 11.8. The first-order valence-corrected chi connectivity index (χ1v) is 6.73. The van der Waals surface area contributed by atoms with Gasteiger partial charge in [0.1, 0.15) is 23.9 Å². The molecule has 2 heterocycles. The summed E-state index contributed by atoms with van der Waals surface area (Å²) in [7, 11) is 1.63. The van der Waals surface area contributed by atoms with Crippen LogP contribution in [0.3, 0.4) is 0 Å². The van der Waals surface area contributed by atoms with Crippen LogP contribution < -0.4 is 4.74 Å². The van der Waals surface area contributed by atoms with Gasteiger partial charge in [-0.1, -0.05) is 6.07 Å². The molecule has 108 valence electrons. The molecule has 0 unspecified atom stereocenters. The largest absolute Gasteiger partial charge is 0.497 e. The molecule has 0 saturated heterocycles. The summed E-state index contributed by atoms with van der Waals surface area (Å²) in [6, 6.07) is 13.4. The van der Waals surface area contributed by atoms with Crippen LogP contribution in [0.4, 0.5) is 0 Å². The van der Waals surface area contributed by atoms with Crippen LogP contribution in [0.5, 0.6) is 5.75 Å². The third-order valence-electron chi connectivity index (χ3n) is 3.40. The average Bonchev–Trinajstić information content (AvgIpc) is 3.23. The van der Waals surface area contributed by atoms with Gasteiger partial charge in [-0.25, -0.2) is 4.98 Å². The number of fused-ring (bicyclic) bond motifs is 1. The number of methoxy groups -OCH3 is 1. The van der Waals surface area contributed by atoms with Crippen LogP contribution in [-0.2, 0) is 0 Å². The molecular weight excluding hydrogens is 280 g/mol. The number of hydrogen-bond acceptors (Lipinski definition) is 5. The monoisotopic (exact) mass is 292 g/mol. The second kappa shape index (κ2) is 5.00. The zero-order valence-corrected chi connectivity index (χ0v) is 11.8. The third-order valence-corrected chi connectivity index (χ3v) is 3.40. The van der Waals surface area contributed by atoms with Crippen molar-refractivity contribution >= 4 is 11.1 Å². The van der Waals surface area contributed by atoms with Crippen LogP contribution >= 0.6 is 0 Å². The lowest BCUT2D eigenvalue weighted by Crippen LogP contribution is -1.90. The highest BCUT2D eigenvalue weighted by Gasteiger charge is 2.10. The fraction of sp³-hybridized carbons (Fsp3) is 0.0625. The highest BCUT2D eigenvalue weighted by atomic mass is 16.5. The van der Waals surface area contributed by atoms with Crippen molar-refractivity contribution in [1.29, 1.82) is 0 Å². The van der Waals surface area contributed by atoms with Crippen molar-refractivity contribution < 1.29 is 9.15 Å². The van der Waals surface area contributed by atoms with Gasteiger partial charge in [-0.05, 0) is 30.3 Å². The summed E-state index contributed by atoms with van der Waals surface area (Å²) in [6.07, 6.45) is 3.30. The van der Waals surface area contributed by atoms with Crippen LogP contribution in [0.2, 0.25) is 0 Å². The normalized spacial score (nSPS) is 11.0. The van der Waals surface area contributed by atoms with E-state index in [1.807, 2.05) is 47.0 Å². The minimum absolute atomic E-state index is 0.568. The molecule has 0 aliphatic heterocycles. The Labute approximate surface area is 126 Å². The Bertz CT molecular complexity index is 928. The fourth-order valence-corrected chi connectivity index (χ4v) is 2.29. The maximum Gasteiger partial charge on any atom is 0.227 e. The van der Waals surface area contributed by atoms with Crippen LogP contribution in [-0.4, -0.2) is 26.9 Å². The average molecular weight is 292 g/mol. The number of nitrogens with zero attached hydrogens (tertiary/aromatic N) is 4. The zero-order chi connectivity index (χ0) is 14.9. The first kappa shape index (κ1) is 12.6. The first-order valence-electron chi connectivity index (χ1n) is 6.73. The maximum atomic E-state index is 5.82. The Kier molecular flexibility index (Phi) is 2.86. The molecule has 0 atom stereocenters. The molecule has 0 N–H and O–H groups in total. The van der Waals surface area contributed by atoms with Crippen molar-refractivity contribution in [3.63, 3.8) is 0 Å². The summed E-state index contributed by atoms with van der Waals surface area (Å²) in [5.41, 5.74) is 3.33. The number of aromatic nitrogens is 4. The molecule has 0 bridgehead atoms. The van der Waals surface area contributed by atoms with E-state index in [0.29, 0.717) is 5.89 Å². The molecule has 0 saturated carbocycles. The summed E-state index contributed by atoms with van der Waals surface area (Å²) >= 11 is 0. The lowest BCUT2D eigenvalue weighted by atomic mass is 10.2. The fourth-order valence-electron chi connectivity index (χ4n) is 2.29. The highest BCUT2D eigenvalue weighted by molar-refractivity contribution is 5.78. The van der Waals surface area contributed by atoms with E-state index in [0.717, 1.165) is 28.1 Å². The van der Waals surface area contributed by atoms with Gasteiger partial charge in [0.05, 0.1) is 7.11 Å². The van der Waals surface area contributed by atoms with Gasteiger partial charge >= 0.3 is 0 Å². The van der Waals surface area contributed by atoms with E-state index in [1.165, 1.54) is 0 Å². The number of oxazole rings is 1. The molecule has 0 aliphatic carbocycles. The molecule has 2 aromatic heterocycles. The van der Waals surface area contributed by atoms with Gasteiger partial charge in [-0.2, -0.15) is 0 Å². The summed E-state index contributed by atoms with van der Waals surface area (Å²) < 4.78 is 12.9. The van der Waals surface area contributed by atoms with Gasteiger partial charge in [0.15, 0.2) is 5.58 Å². The second-order valence-corrected chi connectivity index (χ2v) is 4.77. The van der Waals surface area contributed by atoms with Crippen molar-refractivity contribution in [3.05, 3.63) is 55.1 Å². The Morgan fingerprint density at radius 3 is 2.73 bits per heavy atom. The molecule has 6 nitrogen and oxygen atoms in total. The molecule has 0 fully saturated rings. The summed E-state index contributed by atoms with van der Waals surface area (Å²) in [5, 5.41) is 7.63. The summed E-state index contributed by atoms with van der Waals surface area (Å²) in [4.78, 5) is 4.53. The Hall–Kier alpha value is -3.15. The van der Waals surface area contributed by atoms with Gasteiger partial charge in [0, 0.05) is 17.3 Å². The van der Waals surface area contributed by atoms with Gasteiger partial charge in [-0.15, -0.1) is 10.2 Å². The Morgan fingerprint density at radius 1 is 1.05 bits per heavy atom. The standard InChI is InChI=1S/C16H12N4O2/c1-21-13-5-6-15-14(8-13)19-16(22-15)11-3-2-4-12(7-11)20-9-17-18-10-20/h2-10H,1H3. The predicted molar refractivity (Wildman–Crippen MR) is 80.9 cm³/mol. The van der Waals surface area contributed by atoms with Crippen LogP contribution in [0, 0.1) is 0 Å². The quantitative estimate of drug-likeness (QED) is 0.580. The summed E-state index contributed by atoms with van der Waals surface area (Å²) in [5.74, 6) is 1.32. The topological polar surface area (TPSA) is 66.0 Å². The van der Waals surface area contributed by atoms with Crippen molar-refractivity contribution in [2.75, 3.05) is 7.11 Å². The van der Waals surface area contributed by atoms with Gasteiger partial charge < -0.3 is 9.15 Å². The van der Waals surface area contributed by atoms with Gasteiger partial charge in [0.25, 0.3) is 0 Å². The van der Waals surface area contributed by atoms with E-state index in [4.69, 9.17) is 9.15 Å². The van der Waals surface area contributed by atoms with E-state index >= 15 is 0 Å². The lowest BCUT2D eigenvalue weighted by molar-refractivity contribution is 0.415. The molecule has 4 rings (SSSR count). The highest BCUT2D eigenvalue weighted by Crippen LogP contribution is 2.27. The second-order valence-electron chi connectivity index (χ2n) is 4.77. The van der Waals surface area contributed by atoms with Crippen LogP contribution in [0.1, 0.15) is 0 Å². The number of rotatable bonds is 3. The molecular formula is C16H12N4O2. The van der Waals surface area contributed by atoms with Crippen molar-refractivity contribution in [2.24, 2.45) is 0 Å². The third kappa shape index (κ3) is 2.10. The number of ether oxygens (including phenoxy) is 1. The molecule has 6 heteroatoms. The van der Waals surface area contributed by atoms with Gasteiger partial charge in [0.2, 0.25) is 5.89 Å². The Morgan fingerprint density at radius 2 is 1.91 bits per heavy atom. The first-order chi connectivity index (χ1) is 10.8. The molecule has 0 radical (unpaired) electrons. The number of benzene rings is 2. The molecule has 0 spiro atoms. The Balaban J connectivity index is 1.80. The predicted octanol–water partition coefficient (Wildman–Crippen LogP) is 3.08. The van der Waals surface area contributed by atoms with Crippen molar-refractivity contribution in [3.8, 4) is 22.9 Å². The SMILES string of the molecule is COc1ccc2oc(-c3cccc(-n4cnnc4)c3)nc2c1. The molecule has 0 amide bonds. The minimum Gasteiger partial charge on any atom is -0.497 e.